The van der Waals surface area contributed by atoms with Gasteiger partial charge in [-0.1, -0.05) is 25.5 Å². The molecule has 2 fully saturated rings. The minimum absolute atomic E-state index is 0.0364. The summed E-state index contributed by atoms with van der Waals surface area (Å²) in [4.78, 5) is 20.9. The molecule has 3 rings (SSSR count). The van der Waals surface area contributed by atoms with E-state index in [1.54, 1.807) is 11.9 Å². The summed E-state index contributed by atoms with van der Waals surface area (Å²) in [7, 11) is 1.74. The molecule has 7 heteroatoms. The van der Waals surface area contributed by atoms with Crippen LogP contribution in [-0.2, 0) is 4.79 Å². The van der Waals surface area contributed by atoms with Crippen LogP contribution in [0.25, 0.3) is 0 Å². The van der Waals surface area contributed by atoms with E-state index >= 15 is 0 Å². The number of nitrogens with one attached hydrogen (secondary N) is 1. The number of nitrogens with two attached hydrogens (primary N) is 2. The van der Waals surface area contributed by atoms with Gasteiger partial charge < -0.3 is 26.6 Å². The summed E-state index contributed by atoms with van der Waals surface area (Å²) in [5, 5.41) is 3.17. The monoisotopic (exact) mass is 368 g/mol. The number of rotatable bonds is 4. The molecule has 7 nitrogen and oxygen atoms in total. The molecule has 1 amide bonds. The zero-order chi connectivity index (χ0) is 19.4. The molecule has 0 spiro atoms. The molecule has 0 bridgehead atoms. The van der Waals surface area contributed by atoms with Crippen LogP contribution in [0, 0.1) is 0 Å². The average molecular weight is 368 g/mol. The standard InChI is InChI=1S/C20H28N6O/c1-14(23-16-7-5-6-15(22)12-16)24-20-18(13-21)25(2)19(27)10-11-26(20)17-8-3-4-9-17/h5-7,12-13,17,23H,1,3-4,8-11,21-22H2,2H3/b18-13+,24-20+. The maximum atomic E-state index is 12.4. The van der Waals surface area contributed by atoms with Gasteiger partial charge in [-0.25, -0.2) is 4.99 Å². The molecule has 27 heavy (non-hydrogen) atoms. The van der Waals surface area contributed by atoms with Gasteiger partial charge in [0, 0.05) is 43.6 Å². The third-order valence-corrected chi connectivity index (χ3v) is 5.14. The van der Waals surface area contributed by atoms with Crippen molar-refractivity contribution < 1.29 is 4.79 Å². The Kier molecular flexibility index (Phi) is 5.69. The fraction of sp³-hybridized carbons (Fsp3) is 0.400. The number of anilines is 2. The Hall–Kier alpha value is -2.96. The number of amides is 1. The summed E-state index contributed by atoms with van der Waals surface area (Å²) >= 11 is 0. The van der Waals surface area contributed by atoms with E-state index in [0.29, 0.717) is 42.0 Å². The summed E-state index contributed by atoms with van der Waals surface area (Å²) in [5.74, 6) is 1.20. The quantitative estimate of drug-likeness (QED) is 0.709. The van der Waals surface area contributed by atoms with Crippen LogP contribution in [0.5, 0.6) is 0 Å². The number of benzene rings is 1. The van der Waals surface area contributed by atoms with E-state index < -0.39 is 0 Å². The van der Waals surface area contributed by atoms with Crippen molar-refractivity contribution in [1.82, 2.24) is 9.80 Å². The molecule has 0 aromatic heterocycles. The van der Waals surface area contributed by atoms with Gasteiger partial charge in [-0.05, 0) is 31.0 Å². The van der Waals surface area contributed by atoms with Gasteiger partial charge in [-0.2, -0.15) is 0 Å². The van der Waals surface area contributed by atoms with E-state index in [1.807, 2.05) is 24.3 Å². The second kappa shape index (κ2) is 8.16. The van der Waals surface area contributed by atoms with Crippen molar-refractivity contribution in [2.75, 3.05) is 24.6 Å². The van der Waals surface area contributed by atoms with E-state index in [-0.39, 0.29) is 5.91 Å². The Morgan fingerprint density at radius 1 is 1.37 bits per heavy atom. The highest BCUT2D eigenvalue weighted by Gasteiger charge is 2.33. The fourth-order valence-electron chi connectivity index (χ4n) is 3.74. The average Bonchev–Trinajstić information content (AvgIpc) is 3.12. The Balaban J connectivity index is 1.92. The van der Waals surface area contributed by atoms with Gasteiger partial charge in [-0.3, -0.25) is 4.79 Å². The van der Waals surface area contributed by atoms with E-state index in [2.05, 4.69) is 16.8 Å². The third-order valence-electron chi connectivity index (χ3n) is 5.14. The van der Waals surface area contributed by atoms with E-state index in [1.165, 1.54) is 19.0 Å². The zero-order valence-electron chi connectivity index (χ0n) is 15.8. The van der Waals surface area contributed by atoms with Gasteiger partial charge in [0.1, 0.15) is 11.5 Å². The third kappa shape index (κ3) is 4.24. The number of nitrogen functional groups attached to an aromatic ring is 1. The van der Waals surface area contributed by atoms with Crippen LogP contribution >= 0.6 is 0 Å². The van der Waals surface area contributed by atoms with E-state index in [9.17, 15) is 4.79 Å². The van der Waals surface area contributed by atoms with Crippen molar-refractivity contribution in [3.8, 4) is 0 Å². The molecule has 0 radical (unpaired) electrons. The molecule has 1 heterocycles. The molecular weight excluding hydrogens is 340 g/mol. The first-order chi connectivity index (χ1) is 13.0. The molecule has 1 aromatic carbocycles. The summed E-state index contributed by atoms with van der Waals surface area (Å²) < 4.78 is 0. The first-order valence-electron chi connectivity index (χ1n) is 9.35. The lowest BCUT2D eigenvalue weighted by molar-refractivity contribution is -0.127. The van der Waals surface area contributed by atoms with Crippen molar-refractivity contribution >= 4 is 23.1 Å². The SMILES string of the molecule is C=C(/N=C1\C(=C/N)N(C)C(=O)CCN1C1CCCC1)Nc1cccc(N)c1. The van der Waals surface area contributed by atoms with E-state index in [0.717, 1.165) is 18.5 Å². The normalized spacial score (nSPS) is 21.7. The minimum atomic E-state index is 0.0364. The molecule has 1 aliphatic carbocycles. The predicted octanol–water partition coefficient (Wildman–Crippen LogP) is 2.46. The topological polar surface area (TPSA) is 100.0 Å². The lowest BCUT2D eigenvalue weighted by Crippen LogP contribution is -2.41. The van der Waals surface area contributed by atoms with Crippen LogP contribution in [0.4, 0.5) is 11.4 Å². The number of likely N-dealkylation sites (N-methyl/N-ethyl adjacent to an activating group) is 1. The van der Waals surface area contributed by atoms with Crippen LogP contribution in [0.15, 0.2) is 53.6 Å². The first kappa shape index (κ1) is 18.8. The van der Waals surface area contributed by atoms with Crippen LogP contribution in [-0.4, -0.2) is 41.2 Å². The molecule has 5 N–H and O–H groups in total. The van der Waals surface area contributed by atoms with Crippen molar-refractivity contribution in [2.24, 2.45) is 10.7 Å². The van der Waals surface area contributed by atoms with E-state index in [4.69, 9.17) is 16.5 Å². The van der Waals surface area contributed by atoms with Gasteiger partial charge >= 0.3 is 0 Å². The number of amidine groups is 1. The van der Waals surface area contributed by atoms with Gasteiger partial charge in [0.15, 0.2) is 5.84 Å². The van der Waals surface area contributed by atoms with Crippen LogP contribution < -0.4 is 16.8 Å². The maximum absolute atomic E-state index is 12.4. The van der Waals surface area contributed by atoms with Crippen LogP contribution in [0.2, 0.25) is 0 Å². The number of nitrogens with zero attached hydrogens (tertiary/aromatic N) is 3. The lowest BCUT2D eigenvalue weighted by atomic mass is 10.2. The Bertz CT molecular complexity index is 778. The number of hydrogen-bond acceptors (Lipinski definition) is 5. The number of carbonyl (C=O) groups is 1. The predicted molar refractivity (Wildman–Crippen MR) is 110 cm³/mol. The Morgan fingerprint density at radius 2 is 2.11 bits per heavy atom. The summed E-state index contributed by atoms with van der Waals surface area (Å²) in [6.07, 6.45) is 6.49. The molecule has 0 atom stereocenters. The molecule has 2 aliphatic rings. The smallest absolute Gasteiger partial charge is 0.228 e. The molecular formula is C20H28N6O. The lowest BCUT2D eigenvalue weighted by Gasteiger charge is -2.31. The van der Waals surface area contributed by atoms with Gasteiger partial charge in [-0.15, -0.1) is 0 Å². The number of aliphatic imine (C=N–C) groups is 1. The zero-order valence-corrected chi connectivity index (χ0v) is 15.8. The molecule has 144 valence electrons. The molecule has 1 aliphatic heterocycles. The summed E-state index contributed by atoms with van der Waals surface area (Å²) in [6, 6.07) is 7.79. The van der Waals surface area contributed by atoms with Gasteiger partial charge in [0.2, 0.25) is 5.91 Å². The maximum Gasteiger partial charge on any atom is 0.228 e. The van der Waals surface area contributed by atoms with Gasteiger partial charge in [0.05, 0.1) is 0 Å². The molecule has 1 saturated carbocycles. The fourth-order valence-corrected chi connectivity index (χ4v) is 3.74. The Labute approximate surface area is 160 Å². The first-order valence-corrected chi connectivity index (χ1v) is 9.35. The Morgan fingerprint density at radius 3 is 2.78 bits per heavy atom. The van der Waals surface area contributed by atoms with Gasteiger partial charge in [0.25, 0.3) is 0 Å². The minimum Gasteiger partial charge on any atom is -0.403 e. The van der Waals surface area contributed by atoms with Crippen molar-refractivity contribution in [3.05, 3.63) is 48.6 Å². The second-order valence-electron chi connectivity index (χ2n) is 7.02. The number of carbonyl (C=O) groups excluding carboxylic acids is 1. The molecule has 1 aromatic rings. The largest absolute Gasteiger partial charge is 0.403 e. The van der Waals surface area contributed by atoms with Crippen LogP contribution in [0.3, 0.4) is 0 Å². The summed E-state index contributed by atoms with van der Waals surface area (Å²) in [5.41, 5.74) is 13.8. The summed E-state index contributed by atoms with van der Waals surface area (Å²) in [6.45, 7) is 4.68. The van der Waals surface area contributed by atoms with Crippen molar-refractivity contribution in [2.45, 2.75) is 38.1 Å². The van der Waals surface area contributed by atoms with Crippen molar-refractivity contribution in [3.63, 3.8) is 0 Å². The highest BCUT2D eigenvalue weighted by molar-refractivity contribution is 6.03. The number of hydrogen-bond donors (Lipinski definition) is 3. The highest BCUT2D eigenvalue weighted by atomic mass is 16.2. The molecule has 1 saturated heterocycles. The molecule has 0 unspecified atom stereocenters. The van der Waals surface area contributed by atoms with Crippen molar-refractivity contribution in [1.29, 1.82) is 0 Å². The van der Waals surface area contributed by atoms with Crippen LogP contribution in [0.1, 0.15) is 32.1 Å². The second-order valence-corrected chi connectivity index (χ2v) is 7.02. The highest BCUT2D eigenvalue weighted by Crippen LogP contribution is 2.28.